The van der Waals surface area contributed by atoms with Crippen LogP contribution in [0.3, 0.4) is 0 Å². The molecular formula is C12H13N3O4S. The van der Waals surface area contributed by atoms with Crippen molar-refractivity contribution in [3.63, 3.8) is 0 Å². The fourth-order valence-corrected chi connectivity index (χ4v) is 2.37. The molecule has 0 saturated heterocycles. The van der Waals surface area contributed by atoms with Gasteiger partial charge in [0.2, 0.25) is 0 Å². The van der Waals surface area contributed by atoms with E-state index in [9.17, 15) is 9.59 Å². The Morgan fingerprint density at radius 2 is 2.10 bits per heavy atom. The minimum atomic E-state index is -1.47. The number of rotatable bonds is 5. The number of carboxylic acid groups (broad SMARTS) is 1. The van der Waals surface area contributed by atoms with Crippen LogP contribution in [0.5, 0.6) is 0 Å². The quantitative estimate of drug-likeness (QED) is 0.663. The molecule has 1 heterocycles. The molecule has 0 spiro atoms. The van der Waals surface area contributed by atoms with E-state index >= 15 is 0 Å². The van der Waals surface area contributed by atoms with Gasteiger partial charge in [0, 0.05) is 13.0 Å². The number of para-hydroxylation sites is 1. The van der Waals surface area contributed by atoms with Crippen LogP contribution in [0.1, 0.15) is 6.42 Å². The van der Waals surface area contributed by atoms with Gasteiger partial charge in [-0.2, -0.15) is 0 Å². The van der Waals surface area contributed by atoms with Gasteiger partial charge in [-0.1, -0.05) is 23.5 Å². The lowest BCUT2D eigenvalue weighted by Gasteiger charge is -2.07. The van der Waals surface area contributed by atoms with Crippen molar-refractivity contribution in [2.75, 3.05) is 11.9 Å². The zero-order chi connectivity index (χ0) is 14.5. The van der Waals surface area contributed by atoms with Gasteiger partial charge in [0.25, 0.3) is 0 Å². The summed E-state index contributed by atoms with van der Waals surface area (Å²) in [6.45, 7) is 0.0597. The maximum absolute atomic E-state index is 11.6. The number of benzene rings is 1. The minimum Gasteiger partial charge on any atom is -0.479 e. The topological polar surface area (TPSA) is 112 Å². The molecule has 106 valence electrons. The van der Waals surface area contributed by atoms with Crippen molar-refractivity contribution in [3.8, 4) is 0 Å². The number of nitrogens with one attached hydrogen (secondary N) is 2. The number of fused-ring (bicyclic) bond motifs is 1. The lowest BCUT2D eigenvalue weighted by Crippen LogP contribution is -2.33. The normalized spacial score (nSPS) is 12.1. The second-order valence-corrected chi connectivity index (χ2v) is 5.04. The molecule has 0 aliphatic rings. The summed E-state index contributed by atoms with van der Waals surface area (Å²) in [5.41, 5.74) is 0.800. The van der Waals surface area contributed by atoms with Crippen LogP contribution in [-0.4, -0.2) is 39.8 Å². The molecule has 7 nitrogen and oxygen atoms in total. The molecule has 0 fully saturated rings. The number of carbonyl (C=O) groups is 2. The van der Waals surface area contributed by atoms with Crippen LogP contribution in [0, 0.1) is 0 Å². The Morgan fingerprint density at radius 3 is 2.80 bits per heavy atom. The van der Waals surface area contributed by atoms with Crippen molar-refractivity contribution in [1.29, 1.82) is 0 Å². The van der Waals surface area contributed by atoms with Crippen molar-refractivity contribution >= 4 is 38.7 Å². The summed E-state index contributed by atoms with van der Waals surface area (Å²) in [6, 6.07) is 7.01. The largest absolute Gasteiger partial charge is 0.479 e. The van der Waals surface area contributed by atoms with Crippen molar-refractivity contribution in [2.24, 2.45) is 0 Å². The highest BCUT2D eigenvalue weighted by Crippen LogP contribution is 2.25. The van der Waals surface area contributed by atoms with E-state index < -0.39 is 18.1 Å². The fourth-order valence-electron chi connectivity index (χ4n) is 1.51. The molecule has 20 heavy (non-hydrogen) atoms. The van der Waals surface area contributed by atoms with Crippen molar-refractivity contribution < 1.29 is 19.8 Å². The predicted molar refractivity (Wildman–Crippen MR) is 74.9 cm³/mol. The number of aromatic nitrogens is 1. The second-order valence-electron chi connectivity index (χ2n) is 4.01. The van der Waals surface area contributed by atoms with E-state index in [0.717, 1.165) is 10.2 Å². The lowest BCUT2D eigenvalue weighted by molar-refractivity contribution is -0.146. The van der Waals surface area contributed by atoms with Gasteiger partial charge in [0.1, 0.15) is 0 Å². The molecule has 1 aromatic heterocycles. The van der Waals surface area contributed by atoms with Crippen LogP contribution >= 0.6 is 11.3 Å². The number of hydrogen-bond acceptors (Lipinski definition) is 5. The summed E-state index contributed by atoms with van der Waals surface area (Å²) in [5, 5.41) is 23.0. The maximum Gasteiger partial charge on any atom is 0.332 e. The molecule has 0 aliphatic heterocycles. The van der Waals surface area contributed by atoms with Crippen LogP contribution in [-0.2, 0) is 4.79 Å². The third kappa shape index (κ3) is 3.65. The Labute approximate surface area is 118 Å². The molecule has 1 aromatic carbocycles. The van der Waals surface area contributed by atoms with Gasteiger partial charge >= 0.3 is 12.0 Å². The van der Waals surface area contributed by atoms with Gasteiger partial charge in [-0.25, -0.2) is 14.6 Å². The van der Waals surface area contributed by atoms with E-state index in [1.807, 2.05) is 24.3 Å². The Hall–Kier alpha value is -2.19. The summed E-state index contributed by atoms with van der Waals surface area (Å²) in [7, 11) is 0. The summed E-state index contributed by atoms with van der Waals surface area (Å²) < 4.78 is 0.962. The zero-order valence-corrected chi connectivity index (χ0v) is 11.2. The number of hydrogen-bond donors (Lipinski definition) is 4. The highest BCUT2D eigenvalue weighted by molar-refractivity contribution is 7.22. The molecule has 0 bridgehead atoms. The second kappa shape index (κ2) is 6.31. The number of carbonyl (C=O) groups excluding carboxylic acids is 1. The number of anilines is 1. The summed E-state index contributed by atoms with van der Waals surface area (Å²) in [5.74, 6) is -1.31. The number of urea groups is 1. The standard InChI is InChI=1S/C12H13N3O4S/c16-8(10(17)18)5-6-13-11(19)15-12-14-7-3-1-2-4-9(7)20-12/h1-4,8,16H,5-6H2,(H,17,18)(H2,13,14,15,19). The number of nitrogens with zero attached hydrogens (tertiary/aromatic N) is 1. The van der Waals surface area contributed by atoms with Crippen LogP contribution in [0.4, 0.5) is 9.93 Å². The van der Waals surface area contributed by atoms with Crippen molar-refractivity contribution in [3.05, 3.63) is 24.3 Å². The molecule has 4 N–H and O–H groups in total. The molecule has 2 aromatic rings. The SMILES string of the molecule is O=C(NCCC(O)C(=O)O)Nc1nc2ccccc2s1. The highest BCUT2D eigenvalue weighted by Gasteiger charge is 2.13. The zero-order valence-electron chi connectivity index (χ0n) is 10.4. The summed E-state index contributed by atoms with van der Waals surface area (Å²) in [6.07, 6.45) is -1.53. The van der Waals surface area contributed by atoms with Crippen LogP contribution in [0.25, 0.3) is 10.2 Å². The van der Waals surface area contributed by atoms with E-state index in [0.29, 0.717) is 5.13 Å². The van der Waals surface area contributed by atoms with Gasteiger partial charge in [-0.3, -0.25) is 5.32 Å². The number of aliphatic hydroxyl groups is 1. The molecule has 0 aliphatic carbocycles. The first-order chi connectivity index (χ1) is 9.56. The van der Waals surface area contributed by atoms with E-state index in [1.165, 1.54) is 11.3 Å². The summed E-state index contributed by atoms with van der Waals surface area (Å²) in [4.78, 5) is 26.2. The molecule has 1 unspecified atom stereocenters. The van der Waals surface area contributed by atoms with E-state index in [4.69, 9.17) is 10.2 Å². The van der Waals surface area contributed by atoms with Gasteiger partial charge in [-0.15, -0.1) is 0 Å². The molecular weight excluding hydrogens is 282 g/mol. The molecule has 2 rings (SSSR count). The van der Waals surface area contributed by atoms with Gasteiger partial charge in [-0.05, 0) is 12.1 Å². The Bertz CT molecular complexity index is 595. The lowest BCUT2D eigenvalue weighted by atomic mass is 10.2. The minimum absolute atomic E-state index is 0.0530. The van der Waals surface area contributed by atoms with Crippen LogP contribution < -0.4 is 10.6 Å². The molecule has 2 amide bonds. The molecule has 1 atom stereocenters. The van der Waals surface area contributed by atoms with Crippen LogP contribution in [0.2, 0.25) is 0 Å². The first kappa shape index (κ1) is 14.2. The Morgan fingerprint density at radius 1 is 1.35 bits per heavy atom. The van der Waals surface area contributed by atoms with Crippen molar-refractivity contribution in [1.82, 2.24) is 10.3 Å². The Balaban J connectivity index is 1.84. The van der Waals surface area contributed by atoms with E-state index in [2.05, 4.69) is 15.6 Å². The van der Waals surface area contributed by atoms with E-state index in [-0.39, 0.29) is 13.0 Å². The smallest absolute Gasteiger partial charge is 0.332 e. The summed E-state index contributed by atoms with van der Waals surface area (Å²) >= 11 is 1.34. The average Bonchev–Trinajstić information content (AvgIpc) is 2.80. The van der Waals surface area contributed by atoms with E-state index in [1.54, 1.807) is 0 Å². The van der Waals surface area contributed by atoms with Gasteiger partial charge < -0.3 is 15.5 Å². The first-order valence-corrected chi connectivity index (χ1v) is 6.69. The molecule has 8 heteroatoms. The maximum atomic E-state index is 11.6. The van der Waals surface area contributed by atoms with Crippen LogP contribution in [0.15, 0.2) is 24.3 Å². The predicted octanol–water partition coefficient (Wildman–Crippen LogP) is 1.25. The fraction of sp³-hybridized carbons (Fsp3) is 0.250. The number of carboxylic acids is 1. The van der Waals surface area contributed by atoms with Gasteiger partial charge in [0.05, 0.1) is 10.2 Å². The third-order valence-electron chi connectivity index (χ3n) is 2.50. The van der Waals surface area contributed by atoms with Gasteiger partial charge in [0.15, 0.2) is 11.2 Å². The average molecular weight is 295 g/mol. The number of thiazole rings is 1. The number of aliphatic carboxylic acids is 1. The first-order valence-electron chi connectivity index (χ1n) is 5.87. The Kier molecular flexibility index (Phi) is 4.49. The third-order valence-corrected chi connectivity index (χ3v) is 3.45. The molecule has 0 saturated carbocycles. The monoisotopic (exact) mass is 295 g/mol. The number of aliphatic hydroxyl groups excluding tert-OH is 1. The highest BCUT2D eigenvalue weighted by atomic mass is 32.1. The number of amides is 2. The molecule has 0 radical (unpaired) electrons. The van der Waals surface area contributed by atoms with Crippen molar-refractivity contribution in [2.45, 2.75) is 12.5 Å².